The van der Waals surface area contributed by atoms with Crippen LogP contribution in [0.1, 0.15) is 64.5 Å². The van der Waals surface area contributed by atoms with Gasteiger partial charge in [0, 0.05) is 13.2 Å². The van der Waals surface area contributed by atoms with Crippen molar-refractivity contribution >= 4 is 6.08 Å². The fraction of sp³-hybridized carbons (Fsp3) is 0.579. The van der Waals surface area contributed by atoms with Crippen LogP contribution in [0.25, 0.3) is 6.08 Å². The van der Waals surface area contributed by atoms with E-state index in [1.54, 1.807) is 0 Å². The highest BCUT2D eigenvalue weighted by Gasteiger charge is 2.12. The molecular weight excluding hydrogens is 244 g/mol. The third-order valence-electron chi connectivity index (χ3n) is 3.43. The van der Waals surface area contributed by atoms with Gasteiger partial charge in [-0.25, -0.2) is 0 Å². The molecule has 0 amide bonds. The number of hydrogen-bond donors (Lipinski definition) is 0. The van der Waals surface area contributed by atoms with Crippen LogP contribution in [0.4, 0.5) is 0 Å². The Morgan fingerprint density at radius 3 is 2.60 bits per heavy atom. The molecule has 0 saturated heterocycles. The molecule has 0 fully saturated rings. The lowest BCUT2D eigenvalue weighted by Crippen LogP contribution is -2.10. The molecule has 1 heteroatoms. The minimum Gasteiger partial charge on any atom is -0.382 e. The molecule has 0 saturated carbocycles. The Labute approximate surface area is 125 Å². The Kier molecular flexibility index (Phi) is 7.61. The molecule has 0 heterocycles. The van der Waals surface area contributed by atoms with Crippen molar-refractivity contribution in [1.82, 2.24) is 0 Å². The minimum atomic E-state index is 0.225. The lowest BCUT2D eigenvalue weighted by atomic mass is 9.86. The topological polar surface area (TPSA) is 9.23 Å². The molecule has 1 aromatic carbocycles. The van der Waals surface area contributed by atoms with Gasteiger partial charge >= 0.3 is 0 Å². The van der Waals surface area contributed by atoms with E-state index in [0.29, 0.717) is 0 Å². The van der Waals surface area contributed by atoms with Gasteiger partial charge in [-0.3, -0.25) is 0 Å². The van der Waals surface area contributed by atoms with E-state index in [1.807, 2.05) is 0 Å². The quantitative estimate of drug-likeness (QED) is 0.561. The molecule has 20 heavy (non-hydrogen) atoms. The van der Waals surface area contributed by atoms with E-state index in [1.165, 1.54) is 30.4 Å². The van der Waals surface area contributed by atoms with Gasteiger partial charge in [0.25, 0.3) is 0 Å². The van der Waals surface area contributed by atoms with Gasteiger partial charge in [0.2, 0.25) is 0 Å². The molecule has 1 rings (SSSR count). The summed E-state index contributed by atoms with van der Waals surface area (Å²) in [6.45, 7) is 10.6. The van der Waals surface area contributed by atoms with E-state index < -0.39 is 0 Å². The summed E-state index contributed by atoms with van der Waals surface area (Å²) in [5.41, 5.74) is 2.94. The van der Waals surface area contributed by atoms with E-state index in [9.17, 15) is 0 Å². The van der Waals surface area contributed by atoms with Crippen molar-refractivity contribution in [3.8, 4) is 0 Å². The molecule has 0 aliphatic heterocycles. The Hall–Kier alpha value is -1.08. The Bertz CT molecular complexity index is 398. The summed E-state index contributed by atoms with van der Waals surface area (Å²) in [4.78, 5) is 0. The molecule has 0 unspecified atom stereocenters. The minimum absolute atomic E-state index is 0.225. The third kappa shape index (κ3) is 6.91. The number of benzene rings is 1. The normalized spacial score (nSPS) is 12.2. The van der Waals surface area contributed by atoms with Gasteiger partial charge < -0.3 is 4.74 Å². The maximum Gasteiger partial charge on any atom is 0.0465 e. The number of rotatable bonds is 8. The highest BCUT2D eigenvalue weighted by molar-refractivity contribution is 5.51. The van der Waals surface area contributed by atoms with Gasteiger partial charge in [-0.15, -0.1) is 0 Å². The highest BCUT2D eigenvalue weighted by Crippen LogP contribution is 2.23. The van der Waals surface area contributed by atoms with Crippen molar-refractivity contribution in [3.63, 3.8) is 0 Å². The van der Waals surface area contributed by atoms with Gasteiger partial charge in [-0.2, -0.15) is 0 Å². The molecule has 0 atom stereocenters. The SMILES string of the molecule is CCOCCCCC/C=C/c1cccc(C(C)(C)C)c1. The van der Waals surface area contributed by atoms with Crippen LogP contribution in [0.15, 0.2) is 30.3 Å². The van der Waals surface area contributed by atoms with Crippen LogP contribution in [0.5, 0.6) is 0 Å². The Balaban J connectivity index is 2.32. The first kappa shape index (κ1) is 17.0. The second-order valence-corrected chi connectivity index (χ2v) is 6.32. The summed E-state index contributed by atoms with van der Waals surface area (Å²) in [5, 5.41) is 0. The van der Waals surface area contributed by atoms with Gasteiger partial charge in [0.05, 0.1) is 0 Å². The van der Waals surface area contributed by atoms with Crippen molar-refractivity contribution in [2.45, 2.75) is 58.8 Å². The molecule has 0 aliphatic carbocycles. The van der Waals surface area contributed by atoms with Gasteiger partial charge in [0.1, 0.15) is 0 Å². The lowest BCUT2D eigenvalue weighted by molar-refractivity contribution is 0.143. The first-order valence-corrected chi connectivity index (χ1v) is 7.89. The standard InChI is InChI=1S/C19H30O/c1-5-20-15-10-8-6-7-9-12-17-13-11-14-18(16-17)19(2,3)4/h9,11-14,16H,5-8,10,15H2,1-4H3/b12-9+. The van der Waals surface area contributed by atoms with E-state index in [2.05, 4.69) is 64.1 Å². The lowest BCUT2D eigenvalue weighted by Gasteiger charge is -2.19. The van der Waals surface area contributed by atoms with Crippen molar-refractivity contribution in [3.05, 3.63) is 41.5 Å². The summed E-state index contributed by atoms with van der Waals surface area (Å²) in [6.07, 6.45) is 9.39. The fourth-order valence-electron chi connectivity index (χ4n) is 2.12. The summed E-state index contributed by atoms with van der Waals surface area (Å²) < 4.78 is 5.34. The summed E-state index contributed by atoms with van der Waals surface area (Å²) in [5.74, 6) is 0. The first-order chi connectivity index (χ1) is 9.54. The largest absolute Gasteiger partial charge is 0.382 e. The summed E-state index contributed by atoms with van der Waals surface area (Å²) in [7, 11) is 0. The molecule has 0 spiro atoms. The zero-order valence-electron chi connectivity index (χ0n) is 13.6. The predicted molar refractivity (Wildman–Crippen MR) is 89.1 cm³/mol. The number of unbranched alkanes of at least 4 members (excludes halogenated alkanes) is 3. The smallest absolute Gasteiger partial charge is 0.0465 e. The van der Waals surface area contributed by atoms with Crippen LogP contribution in [0.2, 0.25) is 0 Å². The average Bonchev–Trinajstić information content (AvgIpc) is 2.41. The number of ether oxygens (including phenoxy) is 1. The molecular formula is C19H30O. The monoisotopic (exact) mass is 274 g/mol. The first-order valence-electron chi connectivity index (χ1n) is 7.89. The van der Waals surface area contributed by atoms with Crippen molar-refractivity contribution in [1.29, 1.82) is 0 Å². The number of hydrogen-bond acceptors (Lipinski definition) is 1. The fourth-order valence-corrected chi connectivity index (χ4v) is 2.12. The Morgan fingerprint density at radius 1 is 1.10 bits per heavy atom. The van der Waals surface area contributed by atoms with Crippen molar-refractivity contribution in [2.75, 3.05) is 13.2 Å². The number of allylic oxidation sites excluding steroid dienone is 1. The van der Waals surface area contributed by atoms with E-state index in [4.69, 9.17) is 4.74 Å². The molecule has 0 bridgehead atoms. The molecule has 0 N–H and O–H groups in total. The van der Waals surface area contributed by atoms with Crippen LogP contribution in [0, 0.1) is 0 Å². The van der Waals surface area contributed by atoms with Crippen LogP contribution >= 0.6 is 0 Å². The second-order valence-electron chi connectivity index (χ2n) is 6.32. The molecule has 0 radical (unpaired) electrons. The molecule has 112 valence electrons. The van der Waals surface area contributed by atoms with Crippen molar-refractivity contribution in [2.24, 2.45) is 0 Å². The van der Waals surface area contributed by atoms with E-state index in [0.717, 1.165) is 19.6 Å². The third-order valence-corrected chi connectivity index (χ3v) is 3.43. The zero-order valence-corrected chi connectivity index (χ0v) is 13.6. The second kappa shape index (κ2) is 8.97. The predicted octanol–water partition coefficient (Wildman–Crippen LogP) is 5.59. The van der Waals surface area contributed by atoms with Gasteiger partial charge in [-0.1, -0.05) is 63.6 Å². The van der Waals surface area contributed by atoms with Gasteiger partial charge in [0.15, 0.2) is 0 Å². The van der Waals surface area contributed by atoms with E-state index >= 15 is 0 Å². The van der Waals surface area contributed by atoms with Crippen molar-refractivity contribution < 1.29 is 4.74 Å². The van der Waals surface area contributed by atoms with Crippen LogP contribution < -0.4 is 0 Å². The maximum absolute atomic E-state index is 5.34. The molecule has 1 aromatic rings. The maximum atomic E-state index is 5.34. The zero-order chi connectivity index (χ0) is 14.8. The molecule has 0 aliphatic rings. The van der Waals surface area contributed by atoms with E-state index in [-0.39, 0.29) is 5.41 Å². The highest BCUT2D eigenvalue weighted by atomic mass is 16.5. The average molecular weight is 274 g/mol. The Morgan fingerprint density at radius 2 is 1.90 bits per heavy atom. The molecule has 1 nitrogen and oxygen atoms in total. The van der Waals surface area contributed by atoms with Crippen LogP contribution in [-0.2, 0) is 10.2 Å². The van der Waals surface area contributed by atoms with Crippen LogP contribution in [-0.4, -0.2) is 13.2 Å². The molecule has 0 aromatic heterocycles. The summed E-state index contributed by atoms with van der Waals surface area (Å²) in [6, 6.07) is 8.85. The van der Waals surface area contributed by atoms with Gasteiger partial charge in [-0.05, 0) is 42.7 Å². The summed E-state index contributed by atoms with van der Waals surface area (Å²) >= 11 is 0. The van der Waals surface area contributed by atoms with Crippen LogP contribution in [0.3, 0.4) is 0 Å².